The minimum absolute atomic E-state index is 0.951. The van der Waals surface area contributed by atoms with Crippen LogP contribution in [-0.2, 0) is 6.54 Å². The van der Waals surface area contributed by atoms with Crippen LogP contribution in [0.15, 0.2) is 26.7 Å². The summed E-state index contributed by atoms with van der Waals surface area (Å²) in [5, 5.41) is 9.66. The zero-order valence-corrected chi connectivity index (χ0v) is 10.9. The number of hydrogen-bond acceptors (Lipinski definition) is 3. The van der Waals surface area contributed by atoms with Gasteiger partial charge in [0.05, 0.1) is 0 Å². The van der Waals surface area contributed by atoms with Crippen LogP contribution < -0.4 is 5.32 Å². The van der Waals surface area contributed by atoms with Crippen molar-refractivity contribution in [2.75, 3.05) is 7.05 Å². The minimum Gasteiger partial charge on any atom is -0.315 e. The summed E-state index contributed by atoms with van der Waals surface area (Å²) in [5.41, 5.74) is 2.61. The molecule has 0 aliphatic rings. The summed E-state index contributed by atoms with van der Waals surface area (Å²) in [7, 11) is 1.97. The zero-order chi connectivity index (χ0) is 9.97. The Morgan fingerprint density at radius 1 is 1.36 bits per heavy atom. The van der Waals surface area contributed by atoms with Gasteiger partial charge in [0.25, 0.3) is 0 Å². The number of halogens is 1. The van der Waals surface area contributed by atoms with Gasteiger partial charge in [-0.1, -0.05) is 0 Å². The molecule has 2 aromatic heterocycles. The van der Waals surface area contributed by atoms with Crippen LogP contribution in [-0.4, -0.2) is 7.05 Å². The summed E-state index contributed by atoms with van der Waals surface area (Å²) in [6, 6.07) is 2.24. The first-order chi connectivity index (χ1) is 6.81. The Morgan fingerprint density at radius 2 is 2.21 bits per heavy atom. The maximum Gasteiger partial charge on any atom is 0.0361 e. The lowest BCUT2D eigenvalue weighted by Crippen LogP contribution is -2.02. The van der Waals surface area contributed by atoms with Crippen molar-refractivity contribution in [3.05, 3.63) is 31.6 Å². The molecule has 1 nitrogen and oxygen atoms in total. The van der Waals surface area contributed by atoms with E-state index in [0.717, 1.165) is 6.54 Å². The maximum atomic E-state index is 3.55. The largest absolute Gasteiger partial charge is 0.315 e. The van der Waals surface area contributed by atoms with E-state index in [9.17, 15) is 0 Å². The lowest BCUT2D eigenvalue weighted by Gasteiger charge is -1.93. The van der Waals surface area contributed by atoms with Crippen molar-refractivity contribution in [2.45, 2.75) is 6.54 Å². The molecule has 14 heavy (non-hydrogen) atoms. The molecule has 0 radical (unpaired) electrons. The lowest BCUT2D eigenvalue weighted by atomic mass is 10.2. The molecule has 0 fully saturated rings. The van der Waals surface area contributed by atoms with Crippen LogP contribution in [0, 0.1) is 0 Å². The minimum atomic E-state index is 0.951. The summed E-state index contributed by atoms with van der Waals surface area (Å²) < 4.78 is 1.19. The summed E-state index contributed by atoms with van der Waals surface area (Å²) >= 11 is 7.08. The quantitative estimate of drug-likeness (QED) is 0.901. The van der Waals surface area contributed by atoms with Gasteiger partial charge < -0.3 is 5.32 Å². The van der Waals surface area contributed by atoms with E-state index in [1.807, 2.05) is 7.05 Å². The number of nitrogens with one attached hydrogen (secondary N) is 1. The number of hydrogen-bond donors (Lipinski definition) is 1. The molecular formula is C10H10BrNS2. The van der Waals surface area contributed by atoms with Crippen LogP contribution in [0.2, 0.25) is 0 Å². The molecular weight excluding hydrogens is 278 g/mol. The van der Waals surface area contributed by atoms with E-state index in [-0.39, 0.29) is 0 Å². The van der Waals surface area contributed by atoms with E-state index < -0.39 is 0 Å². The second-order valence-corrected chi connectivity index (χ2v) is 5.56. The van der Waals surface area contributed by atoms with Crippen LogP contribution in [0.1, 0.15) is 4.88 Å². The van der Waals surface area contributed by atoms with Gasteiger partial charge in [0.1, 0.15) is 0 Å². The molecule has 0 aliphatic heterocycles. The summed E-state index contributed by atoms with van der Waals surface area (Å²) in [4.78, 5) is 1.38. The number of thiophene rings is 2. The van der Waals surface area contributed by atoms with Gasteiger partial charge >= 0.3 is 0 Å². The molecule has 74 valence electrons. The van der Waals surface area contributed by atoms with Gasteiger partial charge in [-0.25, -0.2) is 0 Å². The van der Waals surface area contributed by atoms with Crippen molar-refractivity contribution in [1.82, 2.24) is 5.32 Å². The van der Waals surface area contributed by atoms with Gasteiger partial charge in [0.15, 0.2) is 0 Å². The van der Waals surface area contributed by atoms with Gasteiger partial charge in [0, 0.05) is 26.8 Å². The fraction of sp³-hybridized carbons (Fsp3) is 0.200. The van der Waals surface area contributed by atoms with Crippen molar-refractivity contribution >= 4 is 38.6 Å². The normalized spacial score (nSPS) is 10.7. The van der Waals surface area contributed by atoms with Gasteiger partial charge in [-0.05, 0) is 45.4 Å². The molecule has 2 rings (SSSR count). The van der Waals surface area contributed by atoms with Crippen molar-refractivity contribution in [2.24, 2.45) is 0 Å². The predicted molar refractivity (Wildman–Crippen MR) is 68.1 cm³/mol. The zero-order valence-electron chi connectivity index (χ0n) is 7.71. The average molecular weight is 288 g/mol. The van der Waals surface area contributed by atoms with E-state index in [1.54, 1.807) is 22.7 Å². The van der Waals surface area contributed by atoms with Crippen LogP contribution in [0.5, 0.6) is 0 Å². The monoisotopic (exact) mass is 287 g/mol. The molecule has 0 unspecified atom stereocenters. The molecule has 0 bridgehead atoms. The highest BCUT2D eigenvalue weighted by Gasteiger charge is 2.06. The van der Waals surface area contributed by atoms with E-state index in [0.29, 0.717) is 0 Å². The molecule has 1 N–H and O–H groups in total. The summed E-state index contributed by atoms with van der Waals surface area (Å²) in [5.74, 6) is 0. The van der Waals surface area contributed by atoms with Crippen LogP contribution in [0.3, 0.4) is 0 Å². The van der Waals surface area contributed by atoms with Crippen molar-refractivity contribution < 1.29 is 0 Å². The fourth-order valence-corrected chi connectivity index (χ4v) is 3.70. The van der Waals surface area contributed by atoms with Gasteiger partial charge in [-0.15, -0.1) is 11.3 Å². The van der Waals surface area contributed by atoms with Crippen LogP contribution >= 0.6 is 38.6 Å². The summed E-state index contributed by atoms with van der Waals surface area (Å²) in [6.45, 7) is 0.951. The second kappa shape index (κ2) is 4.57. The Hall–Kier alpha value is -0.160. The Kier molecular flexibility index (Phi) is 3.38. The predicted octanol–water partition coefficient (Wildman–Crippen LogP) is 3.96. The van der Waals surface area contributed by atoms with Crippen molar-refractivity contribution in [1.29, 1.82) is 0 Å². The molecule has 0 amide bonds. The Balaban J connectivity index is 2.29. The first-order valence-corrected chi connectivity index (χ1v) is 6.87. The van der Waals surface area contributed by atoms with Gasteiger partial charge in [0.2, 0.25) is 0 Å². The highest BCUT2D eigenvalue weighted by atomic mass is 79.9. The third-order valence-electron chi connectivity index (χ3n) is 1.93. The Labute approximate surface area is 99.9 Å². The van der Waals surface area contributed by atoms with E-state index in [2.05, 4.69) is 43.5 Å². The standard InChI is InChI=1S/C10H10BrNS2/c1-12-3-8-2-7(4-14-8)9-5-13-6-10(9)11/h2,4-6,12H,3H2,1H3. The third-order valence-corrected chi connectivity index (χ3v) is 4.57. The van der Waals surface area contributed by atoms with E-state index in [4.69, 9.17) is 0 Å². The van der Waals surface area contributed by atoms with Crippen LogP contribution in [0.4, 0.5) is 0 Å². The Morgan fingerprint density at radius 3 is 2.86 bits per heavy atom. The van der Waals surface area contributed by atoms with Gasteiger partial charge in [-0.2, -0.15) is 11.3 Å². The highest BCUT2D eigenvalue weighted by molar-refractivity contribution is 9.10. The third kappa shape index (κ3) is 2.08. The topological polar surface area (TPSA) is 12.0 Å². The average Bonchev–Trinajstić information content (AvgIpc) is 2.74. The van der Waals surface area contributed by atoms with Crippen molar-refractivity contribution in [3.63, 3.8) is 0 Å². The van der Waals surface area contributed by atoms with Crippen molar-refractivity contribution in [3.8, 4) is 11.1 Å². The van der Waals surface area contributed by atoms with Gasteiger partial charge in [-0.3, -0.25) is 0 Å². The molecule has 0 aromatic carbocycles. The second-order valence-electron chi connectivity index (χ2n) is 2.97. The lowest BCUT2D eigenvalue weighted by molar-refractivity contribution is 0.831. The molecule has 0 spiro atoms. The fourth-order valence-electron chi connectivity index (χ4n) is 1.28. The first kappa shape index (κ1) is 10.4. The summed E-state index contributed by atoms with van der Waals surface area (Å²) in [6.07, 6.45) is 0. The highest BCUT2D eigenvalue weighted by Crippen LogP contribution is 2.34. The molecule has 0 saturated carbocycles. The van der Waals surface area contributed by atoms with Crippen LogP contribution in [0.25, 0.3) is 11.1 Å². The first-order valence-electron chi connectivity index (χ1n) is 4.25. The molecule has 0 aliphatic carbocycles. The molecule has 4 heteroatoms. The molecule has 0 saturated heterocycles. The van der Waals surface area contributed by atoms with E-state index >= 15 is 0 Å². The number of rotatable bonds is 3. The molecule has 2 aromatic rings. The SMILES string of the molecule is CNCc1cc(-c2cscc2Br)cs1. The smallest absolute Gasteiger partial charge is 0.0361 e. The molecule has 2 heterocycles. The van der Waals surface area contributed by atoms with E-state index in [1.165, 1.54) is 20.5 Å². The maximum absolute atomic E-state index is 3.55. The molecule has 0 atom stereocenters. The Bertz CT molecular complexity index is 419.